The predicted molar refractivity (Wildman–Crippen MR) is 106 cm³/mol. The lowest BCUT2D eigenvalue weighted by Crippen LogP contribution is -2.49. The molecule has 3 heterocycles. The molecule has 0 saturated carbocycles. The average Bonchev–Trinajstić information content (AvgIpc) is 3.12. The number of likely N-dealkylation sites (N-methyl/N-ethyl adjacent to an activating group) is 1. The quantitative estimate of drug-likeness (QED) is 0.796. The molecule has 1 aromatic heterocycles. The van der Waals surface area contributed by atoms with Gasteiger partial charge in [-0.1, -0.05) is 0 Å². The summed E-state index contributed by atoms with van der Waals surface area (Å²) in [6.45, 7) is 8.50. The first kappa shape index (κ1) is 19.6. The van der Waals surface area contributed by atoms with Crippen molar-refractivity contribution in [3.63, 3.8) is 0 Å². The largest absolute Gasteiger partial charge is 0.369 e. The number of hydrogen-bond donors (Lipinski definition) is 0. The van der Waals surface area contributed by atoms with Gasteiger partial charge in [-0.3, -0.25) is 19.5 Å². The van der Waals surface area contributed by atoms with Crippen molar-refractivity contribution in [2.75, 3.05) is 58.3 Å². The molecule has 2 amide bonds. The van der Waals surface area contributed by atoms with Crippen LogP contribution in [0.1, 0.15) is 37.2 Å². The van der Waals surface area contributed by atoms with Gasteiger partial charge in [0.25, 0.3) is 0 Å². The van der Waals surface area contributed by atoms with E-state index in [1.807, 2.05) is 11.8 Å². The van der Waals surface area contributed by atoms with Gasteiger partial charge in [0.15, 0.2) is 0 Å². The first-order valence-electron chi connectivity index (χ1n) is 9.78. The molecule has 148 valence electrons. The van der Waals surface area contributed by atoms with Crippen LogP contribution in [0.2, 0.25) is 0 Å². The summed E-state index contributed by atoms with van der Waals surface area (Å²) in [7, 11) is 3.60. The summed E-state index contributed by atoms with van der Waals surface area (Å²) in [5, 5.41) is 0. The van der Waals surface area contributed by atoms with Crippen molar-refractivity contribution in [3.05, 3.63) is 23.5 Å². The van der Waals surface area contributed by atoms with Crippen LogP contribution in [0.25, 0.3) is 0 Å². The molecular weight excluding hydrogens is 342 g/mol. The summed E-state index contributed by atoms with van der Waals surface area (Å²) < 4.78 is 0. The third kappa shape index (κ3) is 4.58. The summed E-state index contributed by atoms with van der Waals surface area (Å²) in [5.74, 6) is 0.276. The molecule has 0 N–H and O–H groups in total. The van der Waals surface area contributed by atoms with Crippen LogP contribution in [0, 0.1) is 6.92 Å². The van der Waals surface area contributed by atoms with E-state index in [4.69, 9.17) is 4.98 Å². The van der Waals surface area contributed by atoms with Crippen LogP contribution in [0.4, 0.5) is 5.69 Å². The molecule has 0 radical (unpaired) electrons. The molecule has 2 aliphatic heterocycles. The maximum Gasteiger partial charge on any atom is 0.236 e. The second kappa shape index (κ2) is 8.25. The maximum atomic E-state index is 11.9. The first-order valence-corrected chi connectivity index (χ1v) is 9.78. The third-order valence-corrected chi connectivity index (χ3v) is 5.55. The van der Waals surface area contributed by atoms with Crippen LogP contribution in [-0.2, 0) is 9.59 Å². The van der Waals surface area contributed by atoms with E-state index < -0.39 is 0 Å². The van der Waals surface area contributed by atoms with Crippen LogP contribution >= 0.6 is 0 Å². The lowest BCUT2D eigenvalue weighted by molar-refractivity contribution is -0.130. The Morgan fingerprint density at radius 2 is 1.85 bits per heavy atom. The molecule has 0 bridgehead atoms. The number of amides is 2. The second-order valence-electron chi connectivity index (χ2n) is 7.81. The monoisotopic (exact) mass is 373 g/mol. The zero-order chi connectivity index (χ0) is 19.6. The molecule has 2 fully saturated rings. The van der Waals surface area contributed by atoms with Gasteiger partial charge in [0.2, 0.25) is 11.8 Å². The van der Waals surface area contributed by atoms with Crippen LogP contribution in [0.5, 0.6) is 0 Å². The van der Waals surface area contributed by atoms with E-state index >= 15 is 0 Å². The van der Waals surface area contributed by atoms with Crippen LogP contribution < -0.4 is 4.90 Å². The Morgan fingerprint density at radius 3 is 2.48 bits per heavy atom. The molecular formula is C20H31N5O2. The van der Waals surface area contributed by atoms with Crippen molar-refractivity contribution in [3.8, 4) is 0 Å². The van der Waals surface area contributed by atoms with E-state index in [9.17, 15) is 9.59 Å². The fourth-order valence-corrected chi connectivity index (χ4v) is 3.98. The molecule has 1 atom stereocenters. The van der Waals surface area contributed by atoms with Crippen molar-refractivity contribution in [1.82, 2.24) is 19.7 Å². The van der Waals surface area contributed by atoms with Crippen LogP contribution in [0.15, 0.2) is 12.1 Å². The van der Waals surface area contributed by atoms with Gasteiger partial charge in [-0.15, -0.1) is 0 Å². The smallest absolute Gasteiger partial charge is 0.236 e. The molecule has 27 heavy (non-hydrogen) atoms. The van der Waals surface area contributed by atoms with Gasteiger partial charge in [0, 0.05) is 65.1 Å². The van der Waals surface area contributed by atoms with Gasteiger partial charge in [0.1, 0.15) is 0 Å². The molecule has 1 aromatic rings. The van der Waals surface area contributed by atoms with E-state index in [0.29, 0.717) is 6.54 Å². The summed E-state index contributed by atoms with van der Waals surface area (Å²) in [4.78, 5) is 36.7. The Labute approximate surface area is 161 Å². The lowest BCUT2D eigenvalue weighted by Gasteiger charge is -2.36. The number of likely N-dealkylation sites (tertiary alicyclic amines) is 1. The minimum atomic E-state index is 0.0974. The molecule has 7 nitrogen and oxygen atoms in total. The van der Waals surface area contributed by atoms with Gasteiger partial charge < -0.3 is 14.7 Å². The molecule has 0 aromatic carbocycles. The molecule has 2 aliphatic rings. The van der Waals surface area contributed by atoms with E-state index in [0.717, 1.165) is 57.0 Å². The summed E-state index contributed by atoms with van der Waals surface area (Å²) in [6, 6.07) is 4.37. The lowest BCUT2D eigenvalue weighted by atomic mass is 10.1. The highest BCUT2D eigenvalue weighted by Gasteiger charge is 2.30. The Bertz CT molecular complexity index is 698. The average molecular weight is 374 g/mol. The third-order valence-electron chi connectivity index (χ3n) is 5.55. The molecule has 0 spiro atoms. The van der Waals surface area contributed by atoms with Crippen LogP contribution in [-0.4, -0.2) is 84.9 Å². The second-order valence-corrected chi connectivity index (χ2v) is 7.81. The van der Waals surface area contributed by atoms with Gasteiger partial charge in [0.05, 0.1) is 18.3 Å². The Morgan fingerprint density at radius 1 is 1.15 bits per heavy atom. The summed E-state index contributed by atoms with van der Waals surface area (Å²) in [6.07, 6.45) is 2.02. The SMILES string of the molecule is CC(=O)N1CCCC1c1cc(N2CCN(CC(=O)N(C)C)CC2)cc(C)n1. The predicted octanol–water partition coefficient (Wildman–Crippen LogP) is 1.28. The standard InChI is InChI=1S/C20H31N5O2/c1-15-12-17(13-18(21-15)19-6-5-7-25(19)16(2)26)24-10-8-23(9-11-24)14-20(27)22(3)4/h12-13,19H,5-11,14H2,1-4H3. The Balaban J connectivity index is 1.69. The van der Waals surface area contributed by atoms with E-state index in [2.05, 4.69) is 21.9 Å². The number of hydrogen-bond acceptors (Lipinski definition) is 5. The van der Waals surface area contributed by atoms with E-state index in [-0.39, 0.29) is 17.9 Å². The highest BCUT2D eigenvalue weighted by atomic mass is 16.2. The number of carbonyl (C=O) groups excluding carboxylic acids is 2. The van der Waals surface area contributed by atoms with Crippen molar-refractivity contribution in [2.45, 2.75) is 32.7 Å². The van der Waals surface area contributed by atoms with Crippen molar-refractivity contribution < 1.29 is 9.59 Å². The van der Waals surface area contributed by atoms with Gasteiger partial charge in [-0.2, -0.15) is 0 Å². The maximum absolute atomic E-state index is 11.9. The topological polar surface area (TPSA) is 60.0 Å². The number of rotatable bonds is 4. The van der Waals surface area contributed by atoms with Crippen molar-refractivity contribution in [1.29, 1.82) is 0 Å². The molecule has 3 rings (SSSR count). The molecule has 0 aliphatic carbocycles. The minimum Gasteiger partial charge on any atom is -0.369 e. The van der Waals surface area contributed by atoms with Gasteiger partial charge in [-0.25, -0.2) is 0 Å². The highest BCUT2D eigenvalue weighted by molar-refractivity contribution is 5.77. The number of carbonyl (C=O) groups is 2. The number of anilines is 1. The minimum absolute atomic E-state index is 0.0974. The molecule has 1 unspecified atom stereocenters. The van der Waals surface area contributed by atoms with Gasteiger partial charge in [-0.05, 0) is 31.9 Å². The highest BCUT2D eigenvalue weighted by Crippen LogP contribution is 2.33. The Hall–Kier alpha value is -2.15. The van der Waals surface area contributed by atoms with Crippen molar-refractivity contribution in [2.24, 2.45) is 0 Å². The first-order chi connectivity index (χ1) is 12.8. The van der Waals surface area contributed by atoms with Crippen LogP contribution in [0.3, 0.4) is 0 Å². The van der Waals surface area contributed by atoms with E-state index in [1.165, 1.54) is 5.69 Å². The Kier molecular flexibility index (Phi) is 5.99. The summed E-state index contributed by atoms with van der Waals surface area (Å²) >= 11 is 0. The molecule has 7 heteroatoms. The van der Waals surface area contributed by atoms with E-state index in [1.54, 1.807) is 25.9 Å². The number of aromatic nitrogens is 1. The normalized spacial score (nSPS) is 20.8. The zero-order valence-corrected chi connectivity index (χ0v) is 16.9. The fourth-order valence-electron chi connectivity index (χ4n) is 3.98. The fraction of sp³-hybridized carbons (Fsp3) is 0.650. The number of aryl methyl sites for hydroxylation is 1. The number of nitrogens with zero attached hydrogens (tertiary/aromatic N) is 5. The van der Waals surface area contributed by atoms with Gasteiger partial charge >= 0.3 is 0 Å². The summed E-state index contributed by atoms with van der Waals surface area (Å²) in [5.41, 5.74) is 3.16. The zero-order valence-electron chi connectivity index (χ0n) is 16.9. The van der Waals surface area contributed by atoms with Crippen molar-refractivity contribution >= 4 is 17.5 Å². The number of piperazine rings is 1. The molecule has 2 saturated heterocycles. The number of pyridine rings is 1.